The molecule has 0 unspecified atom stereocenters. The smallest absolute Gasteiger partial charge is 0.159 e. The summed E-state index contributed by atoms with van der Waals surface area (Å²) in [5.41, 5.74) is 0. The fraction of sp³-hybridized carbons (Fsp3) is 0.333. The van der Waals surface area contributed by atoms with Crippen molar-refractivity contribution in [3.05, 3.63) is 31.0 Å². The van der Waals surface area contributed by atoms with Crippen molar-refractivity contribution in [3.8, 4) is 5.82 Å². The van der Waals surface area contributed by atoms with Crippen molar-refractivity contribution in [2.75, 3.05) is 0 Å². The van der Waals surface area contributed by atoms with Gasteiger partial charge in [0.15, 0.2) is 5.82 Å². The molecule has 0 amide bonds. The Morgan fingerprint density at radius 1 is 1.31 bits per heavy atom. The molecule has 2 rings (SSSR count). The average Bonchev–Trinajstić information content (AvgIpc) is 2.75. The zero-order chi connectivity index (χ0) is 9.26. The van der Waals surface area contributed by atoms with E-state index in [1.165, 1.54) is 0 Å². The Morgan fingerprint density at radius 3 is 2.69 bits per heavy atom. The number of hydrogen-bond acceptors (Lipinski definition) is 2. The maximum Gasteiger partial charge on any atom is 0.159 e. The van der Waals surface area contributed by atoms with E-state index < -0.39 is 0 Å². The molecule has 0 fully saturated rings. The van der Waals surface area contributed by atoms with Crippen LogP contribution in [0.5, 0.6) is 0 Å². The van der Waals surface area contributed by atoms with Crippen molar-refractivity contribution in [2.45, 2.75) is 19.9 Å². The normalized spacial score (nSPS) is 11.0. The highest BCUT2D eigenvalue weighted by Crippen LogP contribution is 2.07. The first kappa shape index (κ1) is 8.04. The lowest BCUT2D eigenvalue weighted by atomic mass is 10.4. The molecular weight excluding hydrogens is 164 g/mol. The molecule has 0 aliphatic carbocycles. The van der Waals surface area contributed by atoms with E-state index in [0.717, 1.165) is 5.82 Å². The summed E-state index contributed by atoms with van der Waals surface area (Å²) >= 11 is 0. The fourth-order valence-corrected chi connectivity index (χ4v) is 1.15. The molecule has 13 heavy (non-hydrogen) atoms. The Balaban J connectivity index is 2.33. The van der Waals surface area contributed by atoms with Crippen molar-refractivity contribution in [3.63, 3.8) is 0 Å². The SMILES string of the molecule is CC(C)n1ccc(-n2ccnc2)n1. The highest BCUT2D eigenvalue weighted by molar-refractivity contribution is 5.19. The third-order valence-corrected chi connectivity index (χ3v) is 1.89. The van der Waals surface area contributed by atoms with Crippen molar-refractivity contribution < 1.29 is 0 Å². The van der Waals surface area contributed by atoms with Gasteiger partial charge in [0.25, 0.3) is 0 Å². The summed E-state index contributed by atoms with van der Waals surface area (Å²) in [6.45, 7) is 4.20. The van der Waals surface area contributed by atoms with Crippen LogP contribution in [-0.2, 0) is 0 Å². The van der Waals surface area contributed by atoms with Crippen molar-refractivity contribution in [1.82, 2.24) is 19.3 Å². The Hall–Kier alpha value is -1.58. The van der Waals surface area contributed by atoms with Crippen LogP contribution in [-0.4, -0.2) is 19.3 Å². The van der Waals surface area contributed by atoms with E-state index in [1.807, 2.05) is 27.7 Å². The molecule has 0 aliphatic heterocycles. The fourth-order valence-electron chi connectivity index (χ4n) is 1.15. The molecule has 68 valence electrons. The lowest BCUT2D eigenvalue weighted by molar-refractivity contribution is 0.529. The van der Waals surface area contributed by atoms with E-state index in [9.17, 15) is 0 Å². The number of hydrogen-bond donors (Lipinski definition) is 0. The topological polar surface area (TPSA) is 35.6 Å². The molecule has 0 saturated carbocycles. The van der Waals surface area contributed by atoms with Gasteiger partial charge >= 0.3 is 0 Å². The zero-order valence-corrected chi connectivity index (χ0v) is 7.75. The summed E-state index contributed by atoms with van der Waals surface area (Å²) in [6.07, 6.45) is 7.34. The van der Waals surface area contributed by atoms with Crippen LogP contribution in [0.3, 0.4) is 0 Å². The van der Waals surface area contributed by atoms with Gasteiger partial charge in [-0.2, -0.15) is 5.10 Å². The van der Waals surface area contributed by atoms with Crippen LogP contribution in [0.15, 0.2) is 31.0 Å². The maximum atomic E-state index is 4.39. The van der Waals surface area contributed by atoms with Gasteiger partial charge < -0.3 is 0 Å². The van der Waals surface area contributed by atoms with Crippen LogP contribution < -0.4 is 0 Å². The molecule has 2 aromatic rings. The highest BCUT2D eigenvalue weighted by Gasteiger charge is 2.02. The summed E-state index contributed by atoms with van der Waals surface area (Å²) in [5, 5.41) is 4.39. The quantitative estimate of drug-likeness (QED) is 0.697. The van der Waals surface area contributed by atoms with Gasteiger partial charge in [0, 0.05) is 30.7 Å². The van der Waals surface area contributed by atoms with Crippen LogP contribution in [0.4, 0.5) is 0 Å². The molecule has 4 heteroatoms. The third-order valence-electron chi connectivity index (χ3n) is 1.89. The summed E-state index contributed by atoms with van der Waals surface area (Å²) < 4.78 is 3.81. The lowest BCUT2D eigenvalue weighted by Gasteiger charge is -2.03. The van der Waals surface area contributed by atoms with Crippen LogP contribution in [0.2, 0.25) is 0 Å². The molecule has 0 N–H and O–H groups in total. The molecule has 0 atom stereocenters. The number of rotatable bonds is 2. The molecule has 0 spiro atoms. The summed E-state index contributed by atoms with van der Waals surface area (Å²) in [4.78, 5) is 3.97. The second kappa shape index (κ2) is 3.05. The van der Waals surface area contributed by atoms with Crippen molar-refractivity contribution in [1.29, 1.82) is 0 Å². The number of aromatic nitrogens is 4. The predicted molar refractivity (Wildman–Crippen MR) is 49.7 cm³/mol. The lowest BCUT2D eigenvalue weighted by Crippen LogP contribution is -2.02. The first-order valence-corrected chi connectivity index (χ1v) is 4.31. The van der Waals surface area contributed by atoms with E-state index in [2.05, 4.69) is 23.9 Å². The van der Waals surface area contributed by atoms with Gasteiger partial charge in [0.1, 0.15) is 6.33 Å². The van der Waals surface area contributed by atoms with Gasteiger partial charge in [0.05, 0.1) is 0 Å². The van der Waals surface area contributed by atoms with Gasteiger partial charge in [-0.15, -0.1) is 0 Å². The molecule has 4 nitrogen and oxygen atoms in total. The highest BCUT2D eigenvalue weighted by atomic mass is 15.3. The largest absolute Gasteiger partial charge is 0.289 e. The Labute approximate surface area is 76.8 Å². The molecule has 0 aliphatic rings. The number of imidazole rings is 1. The van der Waals surface area contributed by atoms with Gasteiger partial charge in [-0.3, -0.25) is 9.25 Å². The van der Waals surface area contributed by atoms with E-state index >= 15 is 0 Å². The van der Waals surface area contributed by atoms with Crippen molar-refractivity contribution >= 4 is 0 Å². The first-order chi connectivity index (χ1) is 6.27. The van der Waals surface area contributed by atoms with Crippen molar-refractivity contribution in [2.24, 2.45) is 0 Å². The zero-order valence-electron chi connectivity index (χ0n) is 7.75. The molecule has 0 aromatic carbocycles. The number of nitrogens with zero attached hydrogens (tertiary/aromatic N) is 4. The second-order valence-corrected chi connectivity index (χ2v) is 3.22. The van der Waals surface area contributed by atoms with Gasteiger partial charge in [-0.1, -0.05) is 0 Å². The first-order valence-electron chi connectivity index (χ1n) is 4.31. The molecular formula is C9H12N4. The van der Waals surface area contributed by atoms with Crippen LogP contribution >= 0.6 is 0 Å². The summed E-state index contributed by atoms with van der Waals surface area (Å²) in [5.74, 6) is 0.909. The van der Waals surface area contributed by atoms with E-state index in [-0.39, 0.29) is 0 Å². The Morgan fingerprint density at radius 2 is 2.15 bits per heavy atom. The van der Waals surface area contributed by atoms with Gasteiger partial charge in [-0.25, -0.2) is 4.98 Å². The standard InChI is InChI=1S/C9H12N4/c1-8(2)13-5-3-9(11-13)12-6-4-10-7-12/h3-8H,1-2H3. The minimum Gasteiger partial charge on any atom is -0.289 e. The van der Waals surface area contributed by atoms with E-state index in [1.54, 1.807) is 12.5 Å². The van der Waals surface area contributed by atoms with Crippen LogP contribution in [0, 0.1) is 0 Å². The average molecular weight is 176 g/mol. The van der Waals surface area contributed by atoms with Crippen LogP contribution in [0.25, 0.3) is 5.82 Å². The monoisotopic (exact) mass is 176 g/mol. The molecule has 0 radical (unpaired) electrons. The van der Waals surface area contributed by atoms with E-state index in [4.69, 9.17) is 0 Å². The van der Waals surface area contributed by atoms with Crippen LogP contribution in [0.1, 0.15) is 19.9 Å². The predicted octanol–water partition coefficient (Wildman–Crippen LogP) is 1.65. The minimum atomic E-state index is 0.400. The molecule has 2 aromatic heterocycles. The van der Waals surface area contributed by atoms with Gasteiger partial charge in [-0.05, 0) is 13.8 Å². The molecule has 0 bridgehead atoms. The maximum absolute atomic E-state index is 4.39. The summed E-state index contributed by atoms with van der Waals surface area (Å²) in [6, 6.07) is 2.37. The van der Waals surface area contributed by atoms with Gasteiger partial charge in [0.2, 0.25) is 0 Å². The van der Waals surface area contributed by atoms with E-state index in [0.29, 0.717) is 6.04 Å². The molecule has 2 heterocycles. The Bertz CT molecular complexity index is 372. The Kier molecular flexibility index (Phi) is 1.88. The molecule has 0 saturated heterocycles. The summed E-state index contributed by atoms with van der Waals surface area (Å²) in [7, 11) is 0. The minimum absolute atomic E-state index is 0.400. The third kappa shape index (κ3) is 1.47. The second-order valence-electron chi connectivity index (χ2n) is 3.22.